The van der Waals surface area contributed by atoms with E-state index in [1.807, 2.05) is 19.0 Å². The number of hydrogen-bond acceptors (Lipinski definition) is 4. The van der Waals surface area contributed by atoms with Gasteiger partial charge in [0.2, 0.25) is 0 Å². The fraction of sp³-hybridized carbons (Fsp3) is 0.500. The van der Waals surface area contributed by atoms with Crippen molar-refractivity contribution in [2.24, 2.45) is 0 Å². The zero-order valence-electron chi connectivity index (χ0n) is 10.7. The van der Waals surface area contributed by atoms with Gasteiger partial charge in [0.15, 0.2) is 0 Å². The van der Waals surface area contributed by atoms with Crippen molar-refractivity contribution in [1.29, 1.82) is 0 Å². The van der Waals surface area contributed by atoms with Crippen molar-refractivity contribution in [2.75, 3.05) is 32.6 Å². The SMILES string of the molecule is CC(CO)N(C)C(=O)c1ccc(N(C)C)nc1. The van der Waals surface area contributed by atoms with Gasteiger partial charge in [-0.3, -0.25) is 4.79 Å². The highest BCUT2D eigenvalue weighted by atomic mass is 16.3. The Kier molecular flexibility index (Phi) is 4.45. The number of amides is 1. The van der Waals surface area contributed by atoms with E-state index in [2.05, 4.69) is 4.98 Å². The van der Waals surface area contributed by atoms with E-state index in [4.69, 9.17) is 5.11 Å². The molecule has 1 unspecified atom stereocenters. The van der Waals surface area contributed by atoms with E-state index in [-0.39, 0.29) is 18.6 Å². The quantitative estimate of drug-likeness (QED) is 0.833. The van der Waals surface area contributed by atoms with Crippen molar-refractivity contribution < 1.29 is 9.90 Å². The van der Waals surface area contributed by atoms with Crippen LogP contribution in [0.25, 0.3) is 0 Å². The van der Waals surface area contributed by atoms with E-state index < -0.39 is 0 Å². The fourth-order valence-corrected chi connectivity index (χ4v) is 1.30. The van der Waals surface area contributed by atoms with Gasteiger partial charge in [-0.2, -0.15) is 0 Å². The molecule has 0 aromatic carbocycles. The van der Waals surface area contributed by atoms with Crippen molar-refractivity contribution in [1.82, 2.24) is 9.88 Å². The van der Waals surface area contributed by atoms with Crippen LogP contribution >= 0.6 is 0 Å². The second kappa shape index (κ2) is 5.63. The Morgan fingerprint density at radius 3 is 2.47 bits per heavy atom. The highest BCUT2D eigenvalue weighted by Crippen LogP contribution is 2.10. The van der Waals surface area contributed by atoms with Gasteiger partial charge in [-0.25, -0.2) is 4.98 Å². The van der Waals surface area contributed by atoms with Gasteiger partial charge >= 0.3 is 0 Å². The molecule has 0 bridgehead atoms. The average molecular weight is 237 g/mol. The van der Waals surface area contributed by atoms with Crippen molar-refractivity contribution in [2.45, 2.75) is 13.0 Å². The largest absolute Gasteiger partial charge is 0.394 e. The first-order valence-electron chi connectivity index (χ1n) is 5.48. The lowest BCUT2D eigenvalue weighted by atomic mass is 10.2. The Morgan fingerprint density at radius 2 is 2.06 bits per heavy atom. The maximum absolute atomic E-state index is 12.0. The molecule has 1 aromatic rings. The Balaban J connectivity index is 2.83. The molecule has 5 nitrogen and oxygen atoms in total. The van der Waals surface area contributed by atoms with Crippen LogP contribution in [0, 0.1) is 0 Å². The maximum Gasteiger partial charge on any atom is 0.255 e. The van der Waals surface area contributed by atoms with Crippen LogP contribution in [-0.4, -0.2) is 54.7 Å². The zero-order chi connectivity index (χ0) is 13.0. The lowest BCUT2D eigenvalue weighted by Gasteiger charge is -2.23. The van der Waals surface area contributed by atoms with E-state index in [1.165, 1.54) is 4.90 Å². The average Bonchev–Trinajstić information content (AvgIpc) is 2.36. The molecular formula is C12H19N3O2. The Hall–Kier alpha value is -1.62. The first kappa shape index (κ1) is 13.4. The predicted molar refractivity (Wildman–Crippen MR) is 67.2 cm³/mol. The molecule has 0 fully saturated rings. The third kappa shape index (κ3) is 3.17. The van der Waals surface area contributed by atoms with Crippen molar-refractivity contribution in [3.8, 4) is 0 Å². The Bertz CT molecular complexity index is 376. The molecule has 1 aromatic heterocycles. The highest BCUT2D eigenvalue weighted by molar-refractivity contribution is 5.94. The molecule has 1 N–H and O–H groups in total. The summed E-state index contributed by atoms with van der Waals surface area (Å²) < 4.78 is 0. The number of carbonyl (C=O) groups is 1. The number of aliphatic hydroxyl groups is 1. The summed E-state index contributed by atoms with van der Waals surface area (Å²) in [7, 11) is 5.46. The normalized spacial score (nSPS) is 12.1. The van der Waals surface area contributed by atoms with Crippen LogP contribution in [0.4, 0.5) is 5.82 Å². The van der Waals surface area contributed by atoms with Crippen molar-refractivity contribution >= 4 is 11.7 Å². The molecule has 0 saturated heterocycles. The van der Waals surface area contributed by atoms with E-state index in [1.54, 1.807) is 32.3 Å². The molecule has 1 heterocycles. The minimum Gasteiger partial charge on any atom is -0.394 e. The molecular weight excluding hydrogens is 218 g/mol. The molecule has 1 atom stereocenters. The van der Waals surface area contributed by atoms with Gasteiger partial charge in [0, 0.05) is 27.3 Å². The fourth-order valence-electron chi connectivity index (χ4n) is 1.30. The van der Waals surface area contributed by atoms with Crippen LogP contribution in [0.1, 0.15) is 17.3 Å². The summed E-state index contributed by atoms with van der Waals surface area (Å²) in [6.45, 7) is 1.74. The predicted octanol–water partition coefficient (Wildman–Crippen LogP) is 0.600. The Labute approximate surface area is 102 Å². The second-order valence-corrected chi connectivity index (χ2v) is 4.25. The summed E-state index contributed by atoms with van der Waals surface area (Å²) in [6, 6.07) is 3.34. The first-order chi connectivity index (χ1) is 7.97. The summed E-state index contributed by atoms with van der Waals surface area (Å²) in [5.41, 5.74) is 0.526. The van der Waals surface area contributed by atoms with Crippen molar-refractivity contribution in [3.05, 3.63) is 23.9 Å². The number of carbonyl (C=O) groups excluding carboxylic acids is 1. The van der Waals surface area contributed by atoms with Crippen LogP contribution in [0.5, 0.6) is 0 Å². The summed E-state index contributed by atoms with van der Waals surface area (Å²) >= 11 is 0. The van der Waals surface area contributed by atoms with Gasteiger partial charge in [0.05, 0.1) is 18.2 Å². The molecule has 0 aliphatic rings. The van der Waals surface area contributed by atoms with Crippen LogP contribution < -0.4 is 4.90 Å². The summed E-state index contributed by atoms with van der Waals surface area (Å²) in [5.74, 6) is 0.670. The monoisotopic (exact) mass is 237 g/mol. The maximum atomic E-state index is 12.0. The molecule has 5 heteroatoms. The van der Waals surface area contributed by atoms with Gasteiger partial charge in [0.25, 0.3) is 5.91 Å². The number of likely N-dealkylation sites (N-methyl/N-ethyl adjacent to an activating group) is 1. The number of aliphatic hydroxyl groups excluding tert-OH is 1. The third-order valence-electron chi connectivity index (χ3n) is 2.70. The number of pyridine rings is 1. The molecule has 0 spiro atoms. The molecule has 1 amide bonds. The minimum absolute atomic E-state index is 0.0501. The van der Waals surface area contributed by atoms with Crippen LogP contribution in [0.3, 0.4) is 0 Å². The van der Waals surface area contributed by atoms with Gasteiger partial charge in [-0.05, 0) is 19.1 Å². The second-order valence-electron chi connectivity index (χ2n) is 4.25. The number of hydrogen-bond donors (Lipinski definition) is 1. The van der Waals surface area contributed by atoms with E-state index >= 15 is 0 Å². The molecule has 1 rings (SSSR count). The lowest BCUT2D eigenvalue weighted by Crippen LogP contribution is -2.37. The lowest BCUT2D eigenvalue weighted by molar-refractivity contribution is 0.0682. The zero-order valence-corrected chi connectivity index (χ0v) is 10.7. The van der Waals surface area contributed by atoms with Crippen LogP contribution in [0.2, 0.25) is 0 Å². The van der Waals surface area contributed by atoms with Gasteiger partial charge in [-0.15, -0.1) is 0 Å². The molecule has 94 valence electrons. The molecule has 0 saturated carbocycles. The van der Waals surface area contributed by atoms with E-state index in [0.717, 1.165) is 5.82 Å². The van der Waals surface area contributed by atoms with E-state index in [9.17, 15) is 4.79 Å². The Morgan fingerprint density at radius 1 is 1.41 bits per heavy atom. The van der Waals surface area contributed by atoms with Crippen LogP contribution in [-0.2, 0) is 0 Å². The smallest absolute Gasteiger partial charge is 0.255 e. The van der Waals surface area contributed by atoms with E-state index in [0.29, 0.717) is 5.56 Å². The molecule has 0 aliphatic carbocycles. The number of rotatable bonds is 4. The number of nitrogens with zero attached hydrogens (tertiary/aromatic N) is 3. The molecule has 0 aliphatic heterocycles. The standard InChI is InChI=1S/C12H19N3O2/c1-9(8-16)15(4)12(17)10-5-6-11(13-7-10)14(2)3/h5-7,9,16H,8H2,1-4H3. The van der Waals surface area contributed by atoms with Crippen LogP contribution in [0.15, 0.2) is 18.3 Å². The summed E-state index contributed by atoms with van der Waals surface area (Å²) in [6.07, 6.45) is 1.55. The van der Waals surface area contributed by atoms with Gasteiger partial charge < -0.3 is 14.9 Å². The summed E-state index contributed by atoms with van der Waals surface area (Å²) in [4.78, 5) is 19.5. The first-order valence-corrected chi connectivity index (χ1v) is 5.48. The van der Waals surface area contributed by atoms with Gasteiger partial charge in [-0.1, -0.05) is 0 Å². The minimum atomic E-state index is -0.198. The summed E-state index contributed by atoms with van der Waals surface area (Å²) in [5, 5.41) is 9.00. The van der Waals surface area contributed by atoms with Crippen molar-refractivity contribution in [3.63, 3.8) is 0 Å². The topological polar surface area (TPSA) is 56.7 Å². The molecule has 17 heavy (non-hydrogen) atoms. The number of aromatic nitrogens is 1. The van der Waals surface area contributed by atoms with Gasteiger partial charge in [0.1, 0.15) is 5.82 Å². The molecule has 0 radical (unpaired) electrons. The third-order valence-corrected chi connectivity index (χ3v) is 2.70. The highest BCUT2D eigenvalue weighted by Gasteiger charge is 2.16. The number of anilines is 1.